The topological polar surface area (TPSA) is 15.6 Å². The molecule has 0 heterocycles. The van der Waals surface area contributed by atoms with Crippen molar-refractivity contribution in [2.75, 3.05) is 19.6 Å². The maximum Gasteiger partial charge on any atom is 0.0551 e. The van der Waals surface area contributed by atoms with Crippen molar-refractivity contribution in [2.24, 2.45) is 4.99 Å². The summed E-state index contributed by atoms with van der Waals surface area (Å²) in [6.07, 6.45) is 6.69. The lowest BCUT2D eigenvalue weighted by molar-refractivity contribution is 0.319. The predicted molar refractivity (Wildman–Crippen MR) is 74.2 cm³/mol. The number of hydrogen-bond donors (Lipinski definition) is 0. The average Bonchev–Trinajstić information content (AvgIpc) is 2.31. The van der Waals surface area contributed by atoms with Crippen molar-refractivity contribution in [1.82, 2.24) is 4.90 Å². The van der Waals surface area contributed by atoms with Crippen molar-refractivity contribution in [2.45, 2.75) is 20.3 Å². The Kier molecular flexibility index (Phi) is 8.87. The first-order valence-electron chi connectivity index (χ1n) is 5.55. The molecule has 90 valence electrons. The van der Waals surface area contributed by atoms with Crippen LogP contribution in [0.15, 0.2) is 40.5 Å². The molecule has 0 saturated heterocycles. The standard InChI is InChI=1S/C13H21ClN2/c1-5-10-16(6-2)11-9-13(14)8-7-12(3)15-4/h7-9H,3-6,10-11H2,1-2H3/b8-7-,13-9+. The highest BCUT2D eigenvalue weighted by molar-refractivity contribution is 6.31. The highest BCUT2D eigenvalue weighted by Crippen LogP contribution is 2.06. The quantitative estimate of drug-likeness (QED) is 0.468. The third-order valence-electron chi connectivity index (χ3n) is 2.17. The van der Waals surface area contributed by atoms with E-state index in [2.05, 4.69) is 37.0 Å². The molecule has 0 fully saturated rings. The molecule has 0 aliphatic heterocycles. The highest BCUT2D eigenvalue weighted by atomic mass is 35.5. The van der Waals surface area contributed by atoms with Gasteiger partial charge >= 0.3 is 0 Å². The van der Waals surface area contributed by atoms with E-state index in [0.717, 1.165) is 26.1 Å². The van der Waals surface area contributed by atoms with Crippen molar-refractivity contribution < 1.29 is 0 Å². The van der Waals surface area contributed by atoms with Gasteiger partial charge in [-0.25, -0.2) is 0 Å². The Balaban J connectivity index is 4.16. The second-order valence-corrected chi connectivity index (χ2v) is 3.90. The molecule has 0 N–H and O–H groups in total. The summed E-state index contributed by atoms with van der Waals surface area (Å²) < 4.78 is 0. The second-order valence-electron chi connectivity index (χ2n) is 3.47. The summed E-state index contributed by atoms with van der Waals surface area (Å²) in [6, 6.07) is 0. The molecule has 0 amide bonds. The fourth-order valence-corrected chi connectivity index (χ4v) is 1.34. The van der Waals surface area contributed by atoms with Gasteiger partial charge in [0.1, 0.15) is 0 Å². The van der Waals surface area contributed by atoms with Crippen molar-refractivity contribution in [3.63, 3.8) is 0 Å². The SMILES string of the molecule is C=NC(=C)/C=C\C(Cl)=C/CN(CC)CCC. The Hall–Kier alpha value is -0.860. The van der Waals surface area contributed by atoms with Crippen molar-refractivity contribution in [3.8, 4) is 0 Å². The summed E-state index contributed by atoms with van der Waals surface area (Å²) in [5.41, 5.74) is 0.618. The molecule has 0 aromatic heterocycles. The summed E-state index contributed by atoms with van der Waals surface area (Å²) in [7, 11) is 0. The summed E-state index contributed by atoms with van der Waals surface area (Å²) in [6.45, 7) is 14.4. The Bertz CT molecular complexity index is 280. The molecule has 16 heavy (non-hydrogen) atoms. The van der Waals surface area contributed by atoms with Crippen LogP contribution < -0.4 is 0 Å². The molecule has 2 nitrogen and oxygen atoms in total. The van der Waals surface area contributed by atoms with Crippen LogP contribution in [0.1, 0.15) is 20.3 Å². The van der Waals surface area contributed by atoms with E-state index in [-0.39, 0.29) is 0 Å². The number of allylic oxidation sites excluding steroid dienone is 3. The van der Waals surface area contributed by atoms with Crippen molar-refractivity contribution in [1.29, 1.82) is 0 Å². The Morgan fingerprint density at radius 2 is 2.06 bits per heavy atom. The average molecular weight is 241 g/mol. The van der Waals surface area contributed by atoms with Gasteiger partial charge in [-0.05, 0) is 38.4 Å². The molecular weight excluding hydrogens is 220 g/mol. The number of aliphatic imine (C=N–C) groups is 1. The van der Waals surface area contributed by atoms with Gasteiger partial charge in [-0.15, -0.1) is 0 Å². The van der Waals surface area contributed by atoms with Crippen LogP contribution in [0.25, 0.3) is 0 Å². The highest BCUT2D eigenvalue weighted by Gasteiger charge is 1.97. The molecular formula is C13H21ClN2. The van der Waals surface area contributed by atoms with Crippen LogP contribution >= 0.6 is 11.6 Å². The Morgan fingerprint density at radius 1 is 1.38 bits per heavy atom. The van der Waals surface area contributed by atoms with E-state index in [1.165, 1.54) is 0 Å². The number of hydrogen-bond acceptors (Lipinski definition) is 2. The van der Waals surface area contributed by atoms with E-state index < -0.39 is 0 Å². The molecule has 0 aliphatic rings. The summed E-state index contributed by atoms with van der Waals surface area (Å²) in [4.78, 5) is 6.00. The number of halogens is 1. The largest absolute Gasteiger partial charge is 0.300 e. The van der Waals surface area contributed by atoms with Gasteiger partial charge in [-0.2, -0.15) is 0 Å². The maximum absolute atomic E-state index is 6.03. The zero-order chi connectivity index (χ0) is 12.4. The molecule has 0 bridgehead atoms. The molecule has 0 aliphatic carbocycles. The normalized spacial score (nSPS) is 12.4. The van der Waals surface area contributed by atoms with Crippen molar-refractivity contribution >= 4 is 18.3 Å². The zero-order valence-electron chi connectivity index (χ0n) is 10.2. The smallest absolute Gasteiger partial charge is 0.0551 e. The molecule has 3 heteroatoms. The van der Waals surface area contributed by atoms with Crippen LogP contribution in [0.2, 0.25) is 0 Å². The maximum atomic E-state index is 6.03. The number of likely N-dealkylation sites (N-methyl/N-ethyl adjacent to an activating group) is 1. The Labute approximate surface area is 104 Å². The van der Waals surface area contributed by atoms with Gasteiger partial charge in [-0.3, -0.25) is 9.89 Å². The minimum atomic E-state index is 0.618. The zero-order valence-corrected chi connectivity index (χ0v) is 11.0. The van der Waals surface area contributed by atoms with E-state index in [9.17, 15) is 0 Å². The first kappa shape index (κ1) is 15.1. The van der Waals surface area contributed by atoms with E-state index >= 15 is 0 Å². The molecule has 0 rings (SSSR count). The van der Waals surface area contributed by atoms with E-state index in [1.807, 2.05) is 6.08 Å². The van der Waals surface area contributed by atoms with Gasteiger partial charge in [-0.1, -0.05) is 38.1 Å². The summed E-state index contributed by atoms with van der Waals surface area (Å²) >= 11 is 6.03. The van der Waals surface area contributed by atoms with Crippen LogP contribution in [0.5, 0.6) is 0 Å². The monoisotopic (exact) mass is 240 g/mol. The third kappa shape index (κ3) is 7.43. The molecule has 0 radical (unpaired) electrons. The fourth-order valence-electron chi connectivity index (χ4n) is 1.21. The Morgan fingerprint density at radius 3 is 2.56 bits per heavy atom. The van der Waals surface area contributed by atoms with E-state index in [0.29, 0.717) is 10.7 Å². The molecule has 0 aromatic carbocycles. The van der Waals surface area contributed by atoms with E-state index in [4.69, 9.17) is 11.6 Å². The van der Waals surface area contributed by atoms with Crippen LogP contribution in [0, 0.1) is 0 Å². The lowest BCUT2D eigenvalue weighted by Crippen LogP contribution is -2.24. The molecule has 0 spiro atoms. The van der Waals surface area contributed by atoms with Gasteiger partial charge < -0.3 is 0 Å². The fraction of sp³-hybridized carbons (Fsp3) is 0.462. The van der Waals surface area contributed by atoms with Crippen LogP contribution in [-0.4, -0.2) is 31.3 Å². The number of nitrogens with zero attached hydrogens (tertiary/aromatic N) is 2. The summed E-state index contributed by atoms with van der Waals surface area (Å²) in [5.74, 6) is 0. The third-order valence-corrected chi connectivity index (χ3v) is 2.45. The minimum absolute atomic E-state index is 0.618. The van der Waals surface area contributed by atoms with E-state index in [1.54, 1.807) is 12.2 Å². The van der Waals surface area contributed by atoms with Gasteiger partial charge in [0, 0.05) is 11.6 Å². The van der Waals surface area contributed by atoms with Crippen LogP contribution in [-0.2, 0) is 0 Å². The summed E-state index contributed by atoms with van der Waals surface area (Å²) in [5, 5.41) is 0.708. The molecule has 0 unspecified atom stereocenters. The van der Waals surface area contributed by atoms with Gasteiger partial charge in [0.05, 0.1) is 5.70 Å². The van der Waals surface area contributed by atoms with Gasteiger partial charge in [0.15, 0.2) is 0 Å². The first-order valence-corrected chi connectivity index (χ1v) is 5.93. The second kappa shape index (κ2) is 9.37. The molecule has 0 aromatic rings. The minimum Gasteiger partial charge on any atom is -0.300 e. The molecule has 0 atom stereocenters. The van der Waals surface area contributed by atoms with Crippen LogP contribution in [0.4, 0.5) is 0 Å². The van der Waals surface area contributed by atoms with Gasteiger partial charge in [0.2, 0.25) is 0 Å². The van der Waals surface area contributed by atoms with Crippen molar-refractivity contribution in [3.05, 3.63) is 35.5 Å². The lowest BCUT2D eigenvalue weighted by Gasteiger charge is -2.16. The first-order chi connectivity index (χ1) is 7.63. The lowest BCUT2D eigenvalue weighted by atomic mass is 10.3. The molecule has 0 saturated carbocycles. The van der Waals surface area contributed by atoms with Crippen LogP contribution in [0.3, 0.4) is 0 Å². The van der Waals surface area contributed by atoms with Gasteiger partial charge in [0.25, 0.3) is 0 Å². The predicted octanol–water partition coefficient (Wildman–Crippen LogP) is 3.61. The number of rotatable bonds is 8.